The zero-order chi connectivity index (χ0) is 29.4. The summed E-state index contributed by atoms with van der Waals surface area (Å²) in [5.41, 5.74) is 4.27. The van der Waals surface area contributed by atoms with Crippen molar-refractivity contribution in [2.45, 2.75) is 12.5 Å². The summed E-state index contributed by atoms with van der Waals surface area (Å²) in [5.74, 6) is 0.928. The molecule has 1 aliphatic heterocycles. The molecule has 6 rings (SSSR count). The highest BCUT2D eigenvalue weighted by Crippen LogP contribution is 2.31. The molecule has 11 heteroatoms. The summed E-state index contributed by atoms with van der Waals surface area (Å²) in [5, 5.41) is 18.4. The molecule has 1 atom stereocenters. The lowest BCUT2D eigenvalue weighted by molar-refractivity contribution is -0.143. The molecule has 0 saturated carbocycles. The number of aromatic nitrogens is 6. The zero-order valence-electron chi connectivity index (χ0n) is 24.1. The number of pyridine rings is 1. The molecule has 5 aromatic rings. The van der Waals surface area contributed by atoms with E-state index in [0.29, 0.717) is 48.6 Å². The summed E-state index contributed by atoms with van der Waals surface area (Å²) in [6, 6.07) is 16.1. The quantitative estimate of drug-likeness (QED) is 0.311. The van der Waals surface area contributed by atoms with Crippen LogP contribution in [0.1, 0.15) is 18.1 Å². The first-order chi connectivity index (χ1) is 20.3. The predicted molar refractivity (Wildman–Crippen MR) is 159 cm³/mol. The minimum absolute atomic E-state index is 0.0966. The van der Waals surface area contributed by atoms with E-state index in [2.05, 4.69) is 21.2 Å². The Morgan fingerprint density at radius 1 is 0.952 bits per heavy atom. The molecular weight excluding hydrogens is 528 g/mol. The maximum atomic E-state index is 13.8. The van der Waals surface area contributed by atoms with Crippen LogP contribution in [-0.2, 0) is 17.4 Å². The number of hydrogen-bond acceptors (Lipinski definition) is 8. The third kappa shape index (κ3) is 4.65. The number of hydrogen-bond donors (Lipinski definition) is 0. The average Bonchev–Trinajstić information content (AvgIpc) is 3.66. The van der Waals surface area contributed by atoms with Gasteiger partial charge in [0.1, 0.15) is 28.5 Å². The largest absolute Gasteiger partial charge is 0.353 e. The van der Waals surface area contributed by atoms with Crippen LogP contribution in [0.5, 0.6) is 0 Å². The molecule has 0 spiro atoms. The second-order valence-electron chi connectivity index (χ2n) is 10.9. The summed E-state index contributed by atoms with van der Waals surface area (Å²) in [6.45, 7) is 4.56. The van der Waals surface area contributed by atoms with Crippen molar-refractivity contribution in [3.05, 3.63) is 84.6 Å². The fraction of sp³-hybridized carbons (Fsp3) is 0.290. The van der Waals surface area contributed by atoms with Crippen LogP contribution in [0, 0.1) is 11.3 Å². The van der Waals surface area contributed by atoms with Crippen molar-refractivity contribution in [1.29, 1.82) is 5.26 Å². The summed E-state index contributed by atoms with van der Waals surface area (Å²) in [6.07, 6.45) is 8.78. The third-order valence-electron chi connectivity index (χ3n) is 8.18. The van der Waals surface area contributed by atoms with E-state index in [1.54, 1.807) is 34.0 Å². The minimum Gasteiger partial charge on any atom is -0.353 e. The van der Waals surface area contributed by atoms with E-state index in [-0.39, 0.29) is 5.91 Å². The maximum absolute atomic E-state index is 13.8. The number of likely N-dealkylation sites (N-methyl/N-ethyl adjacent to an activating group) is 1. The molecule has 1 aromatic carbocycles. The smallest absolute Gasteiger partial charge is 0.247 e. The molecule has 5 heterocycles. The topological polar surface area (TPSA) is 111 Å². The Hall–Kier alpha value is -5.08. The van der Waals surface area contributed by atoms with Gasteiger partial charge in [-0.15, -0.1) is 0 Å². The SMILES string of the molecule is CN(C)C(C)(C(=O)N1CCN(c2ccc(-c3nc(-c4cnn(C)c4)cn4ncc(C#N)c34)cn2)CC1)c1ccccc1. The summed E-state index contributed by atoms with van der Waals surface area (Å²) in [7, 11) is 5.75. The fourth-order valence-corrected chi connectivity index (χ4v) is 5.49. The van der Waals surface area contributed by atoms with Crippen LogP contribution in [0.15, 0.2) is 73.4 Å². The average molecular weight is 561 g/mol. The number of aryl methyl sites for hydroxylation is 1. The van der Waals surface area contributed by atoms with Crippen LogP contribution in [0.25, 0.3) is 28.0 Å². The lowest BCUT2D eigenvalue weighted by Gasteiger charge is -2.43. The van der Waals surface area contributed by atoms with Crippen LogP contribution in [0.3, 0.4) is 0 Å². The molecule has 1 fully saturated rings. The molecule has 0 aliphatic carbocycles. The molecular formula is C31H32N10O. The van der Waals surface area contributed by atoms with E-state index >= 15 is 0 Å². The Morgan fingerprint density at radius 3 is 2.33 bits per heavy atom. The standard InChI is InChI=1S/C31H32N10O/c1-31(37(2)3,25-8-6-5-7-9-25)30(42)40-14-12-39(13-15-40)27-11-10-22(17-33-27)28-29-23(16-32)18-35-41(29)21-26(36-28)24-19-34-38(4)20-24/h5-11,17-21H,12-15H2,1-4H3. The number of carbonyl (C=O) groups is 1. The summed E-state index contributed by atoms with van der Waals surface area (Å²) < 4.78 is 3.40. The molecule has 0 bridgehead atoms. The van der Waals surface area contributed by atoms with Crippen molar-refractivity contribution < 1.29 is 4.79 Å². The van der Waals surface area contributed by atoms with Gasteiger partial charge in [-0.3, -0.25) is 14.4 Å². The van der Waals surface area contributed by atoms with Crippen LogP contribution < -0.4 is 4.90 Å². The second kappa shape index (κ2) is 10.7. The maximum Gasteiger partial charge on any atom is 0.247 e. The van der Waals surface area contributed by atoms with E-state index in [4.69, 9.17) is 9.97 Å². The van der Waals surface area contributed by atoms with E-state index in [1.807, 2.05) is 86.5 Å². The van der Waals surface area contributed by atoms with Crippen molar-refractivity contribution in [3.63, 3.8) is 0 Å². The van der Waals surface area contributed by atoms with Crippen molar-refractivity contribution >= 4 is 17.2 Å². The van der Waals surface area contributed by atoms with Gasteiger partial charge in [-0.25, -0.2) is 14.5 Å². The van der Waals surface area contributed by atoms with E-state index in [9.17, 15) is 10.1 Å². The summed E-state index contributed by atoms with van der Waals surface area (Å²) in [4.78, 5) is 29.6. The fourth-order valence-electron chi connectivity index (χ4n) is 5.49. The summed E-state index contributed by atoms with van der Waals surface area (Å²) >= 11 is 0. The molecule has 0 N–H and O–H groups in total. The van der Waals surface area contributed by atoms with Crippen molar-refractivity contribution in [2.75, 3.05) is 45.2 Å². The number of fused-ring (bicyclic) bond motifs is 1. The highest BCUT2D eigenvalue weighted by atomic mass is 16.2. The first kappa shape index (κ1) is 27.1. The van der Waals surface area contributed by atoms with Gasteiger partial charge >= 0.3 is 0 Å². The number of benzene rings is 1. The Labute approximate surface area is 244 Å². The van der Waals surface area contributed by atoms with Crippen LogP contribution in [0.4, 0.5) is 5.82 Å². The predicted octanol–water partition coefficient (Wildman–Crippen LogP) is 3.19. The van der Waals surface area contributed by atoms with Crippen LogP contribution in [0.2, 0.25) is 0 Å². The molecule has 4 aromatic heterocycles. The number of carbonyl (C=O) groups excluding carboxylic acids is 1. The number of anilines is 1. The van der Waals surface area contributed by atoms with Crippen molar-refractivity contribution in [1.82, 2.24) is 39.2 Å². The molecule has 11 nitrogen and oxygen atoms in total. The van der Waals surface area contributed by atoms with Crippen LogP contribution in [-0.4, -0.2) is 85.3 Å². The molecule has 0 radical (unpaired) electrons. The molecule has 1 amide bonds. The Bertz CT molecular complexity index is 1780. The normalized spacial score (nSPS) is 15.1. The van der Waals surface area contributed by atoms with Gasteiger partial charge in [0.15, 0.2) is 0 Å². The monoisotopic (exact) mass is 560 g/mol. The number of rotatable bonds is 6. The van der Waals surface area contributed by atoms with E-state index < -0.39 is 5.54 Å². The molecule has 1 unspecified atom stereocenters. The van der Waals surface area contributed by atoms with Gasteiger partial charge in [-0.05, 0) is 38.7 Å². The van der Waals surface area contributed by atoms with Gasteiger partial charge in [0, 0.05) is 56.7 Å². The van der Waals surface area contributed by atoms with Crippen molar-refractivity contribution in [3.8, 4) is 28.6 Å². The number of nitriles is 1. The Balaban J connectivity index is 1.23. The lowest BCUT2D eigenvalue weighted by Crippen LogP contribution is -2.58. The van der Waals surface area contributed by atoms with Gasteiger partial charge in [-0.1, -0.05) is 30.3 Å². The van der Waals surface area contributed by atoms with Crippen LogP contribution >= 0.6 is 0 Å². The first-order valence-corrected chi connectivity index (χ1v) is 13.8. The Kier molecular flexibility index (Phi) is 6.92. The van der Waals surface area contributed by atoms with Gasteiger partial charge in [0.05, 0.1) is 30.0 Å². The van der Waals surface area contributed by atoms with Gasteiger partial charge in [0.2, 0.25) is 5.91 Å². The minimum atomic E-state index is -0.748. The number of amides is 1. The molecule has 212 valence electrons. The first-order valence-electron chi connectivity index (χ1n) is 13.8. The van der Waals surface area contributed by atoms with Crippen molar-refractivity contribution in [2.24, 2.45) is 7.05 Å². The number of nitrogens with zero attached hydrogens (tertiary/aromatic N) is 10. The van der Waals surface area contributed by atoms with E-state index in [1.165, 1.54) is 0 Å². The lowest BCUT2D eigenvalue weighted by atomic mass is 9.89. The highest BCUT2D eigenvalue weighted by molar-refractivity contribution is 5.87. The second-order valence-corrected chi connectivity index (χ2v) is 10.9. The Morgan fingerprint density at radius 2 is 1.71 bits per heavy atom. The zero-order valence-corrected chi connectivity index (χ0v) is 24.1. The van der Waals surface area contributed by atoms with Gasteiger partial charge < -0.3 is 9.80 Å². The van der Waals surface area contributed by atoms with Gasteiger partial charge in [-0.2, -0.15) is 15.5 Å². The van der Waals surface area contributed by atoms with Gasteiger partial charge in [0.25, 0.3) is 0 Å². The third-order valence-corrected chi connectivity index (χ3v) is 8.18. The molecule has 42 heavy (non-hydrogen) atoms. The highest BCUT2D eigenvalue weighted by Gasteiger charge is 2.41. The number of piperazine rings is 1. The van der Waals surface area contributed by atoms with E-state index in [0.717, 1.165) is 22.5 Å². The molecule has 1 saturated heterocycles. The molecule has 1 aliphatic rings.